The standard InChI is InChI=1S/C25H23FN2O3/c1-16-21-7-4-8-22(26)24(21)31-23(16)25(29)28(15-18-6-5-13-27-14-18)17(2)19-9-11-20(30-3)12-10-19/h4-14,17H,15H2,1-3H3. The molecule has 158 valence electrons. The van der Waals surface area contributed by atoms with E-state index in [9.17, 15) is 9.18 Å². The number of nitrogens with zero attached hydrogens (tertiary/aromatic N) is 2. The van der Waals surface area contributed by atoms with Crippen molar-refractivity contribution in [3.63, 3.8) is 0 Å². The van der Waals surface area contributed by atoms with Crippen LogP contribution in [0.15, 0.2) is 71.4 Å². The SMILES string of the molecule is COc1ccc(C(C)N(Cc2cccnc2)C(=O)c2oc3c(F)cccc3c2C)cc1. The number of carbonyl (C=O) groups excluding carboxylic acids is 1. The summed E-state index contributed by atoms with van der Waals surface area (Å²) in [6.45, 7) is 4.06. The lowest BCUT2D eigenvalue weighted by Gasteiger charge is -2.29. The topological polar surface area (TPSA) is 55.6 Å². The van der Waals surface area contributed by atoms with E-state index in [1.807, 2.05) is 43.3 Å². The molecule has 0 aliphatic rings. The number of halogens is 1. The molecule has 0 saturated carbocycles. The monoisotopic (exact) mass is 418 g/mol. The van der Waals surface area contributed by atoms with Gasteiger partial charge in [0.1, 0.15) is 5.75 Å². The van der Waals surface area contributed by atoms with Crippen molar-refractivity contribution < 1.29 is 18.3 Å². The summed E-state index contributed by atoms with van der Waals surface area (Å²) in [6, 6.07) is 15.8. The van der Waals surface area contributed by atoms with Crippen molar-refractivity contribution >= 4 is 16.9 Å². The van der Waals surface area contributed by atoms with Gasteiger partial charge in [0.2, 0.25) is 0 Å². The summed E-state index contributed by atoms with van der Waals surface area (Å²) < 4.78 is 25.2. The average molecular weight is 418 g/mol. The van der Waals surface area contributed by atoms with Crippen LogP contribution in [0.5, 0.6) is 5.75 Å². The molecule has 2 aromatic carbocycles. The van der Waals surface area contributed by atoms with E-state index in [4.69, 9.17) is 9.15 Å². The smallest absolute Gasteiger partial charge is 0.290 e. The third kappa shape index (κ3) is 4.01. The Morgan fingerprint density at radius 1 is 1.16 bits per heavy atom. The number of carbonyl (C=O) groups is 1. The van der Waals surface area contributed by atoms with Crippen LogP contribution in [0.2, 0.25) is 0 Å². The molecule has 0 fully saturated rings. The van der Waals surface area contributed by atoms with Gasteiger partial charge in [-0.25, -0.2) is 4.39 Å². The number of pyridine rings is 1. The van der Waals surface area contributed by atoms with Gasteiger partial charge in [0, 0.05) is 29.9 Å². The van der Waals surface area contributed by atoms with E-state index >= 15 is 0 Å². The number of amides is 1. The van der Waals surface area contributed by atoms with E-state index in [1.165, 1.54) is 6.07 Å². The lowest BCUT2D eigenvalue weighted by molar-refractivity contribution is 0.0642. The molecule has 0 aliphatic heterocycles. The molecule has 2 heterocycles. The Balaban J connectivity index is 1.75. The molecule has 0 N–H and O–H groups in total. The van der Waals surface area contributed by atoms with E-state index in [0.29, 0.717) is 17.5 Å². The van der Waals surface area contributed by atoms with Crippen LogP contribution in [-0.4, -0.2) is 22.9 Å². The van der Waals surface area contributed by atoms with Crippen LogP contribution >= 0.6 is 0 Å². The first kappa shape index (κ1) is 20.6. The van der Waals surface area contributed by atoms with E-state index in [2.05, 4.69) is 4.98 Å². The fourth-order valence-corrected chi connectivity index (χ4v) is 3.68. The summed E-state index contributed by atoms with van der Waals surface area (Å²) in [7, 11) is 1.61. The number of aryl methyl sites for hydroxylation is 1. The third-order valence-corrected chi connectivity index (χ3v) is 5.51. The summed E-state index contributed by atoms with van der Waals surface area (Å²) in [5, 5.41) is 0.599. The molecule has 6 heteroatoms. The van der Waals surface area contributed by atoms with Crippen molar-refractivity contribution in [3.8, 4) is 5.75 Å². The Kier molecular flexibility index (Phi) is 5.71. The van der Waals surface area contributed by atoms with Crippen molar-refractivity contribution in [2.45, 2.75) is 26.4 Å². The lowest BCUT2D eigenvalue weighted by Crippen LogP contribution is -2.33. The molecule has 2 aromatic heterocycles. The first-order chi connectivity index (χ1) is 15.0. The number of hydrogen-bond acceptors (Lipinski definition) is 4. The minimum atomic E-state index is -0.485. The Hall–Kier alpha value is -3.67. The van der Waals surface area contributed by atoms with Crippen LogP contribution in [0.4, 0.5) is 4.39 Å². The number of aromatic nitrogens is 1. The molecule has 1 atom stereocenters. The maximum absolute atomic E-state index is 14.2. The van der Waals surface area contributed by atoms with Crippen LogP contribution in [0.3, 0.4) is 0 Å². The zero-order chi connectivity index (χ0) is 22.0. The van der Waals surface area contributed by atoms with Crippen molar-refractivity contribution in [2.24, 2.45) is 0 Å². The summed E-state index contributed by atoms with van der Waals surface area (Å²) in [6.07, 6.45) is 3.42. The van der Waals surface area contributed by atoms with Gasteiger partial charge in [-0.3, -0.25) is 9.78 Å². The third-order valence-electron chi connectivity index (χ3n) is 5.51. The molecule has 4 aromatic rings. The van der Waals surface area contributed by atoms with Gasteiger partial charge in [0.25, 0.3) is 5.91 Å². The highest BCUT2D eigenvalue weighted by atomic mass is 19.1. The van der Waals surface area contributed by atoms with E-state index in [1.54, 1.807) is 43.5 Å². The van der Waals surface area contributed by atoms with Gasteiger partial charge in [0.05, 0.1) is 13.2 Å². The van der Waals surface area contributed by atoms with Crippen LogP contribution in [0, 0.1) is 12.7 Å². The highest BCUT2D eigenvalue weighted by molar-refractivity contribution is 5.99. The zero-order valence-electron chi connectivity index (χ0n) is 17.6. The number of rotatable bonds is 6. The van der Waals surface area contributed by atoms with E-state index < -0.39 is 5.82 Å². The van der Waals surface area contributed by atoms with Crippen molar-refractivity contribution in [3.05, 3.63) is 95.3 Å². The predicted octanol–water partition coefficient (Wildman–Crippen LogP) is 5.69. The summed E-state index contributed by atoms with van der Waals surface area (Å²) in [4.78, 5) is 19.5. The van der Waals surface area contributed by atoms with Gasteiger partial charge < -0.3 is 14.1 Å². The molecule has 31 heavy (non-hydrogen) atoms. The first-order valence-electron chi connectivity index (χ1n) is 10.0. The molecule has 0 bridgehead atoms. The second-order valence-electron chi connectivity index (χ2n) is 7.42. The van der Waals surface area contributed by atoms with E-state index in [-0.39, 0.29) is 23.3 Å². The van der Waals surface area contributed by atoms with Crippen LogP contribution in [-0.2, 0) is 6.54 Å². The van der Waals surface area contributed by atoms with Crippen LogP contribution < -0.4 is 4.74 Å². The molecule has 4 rings (SSSR count). The van der Waals surface area contributed by atoms with Gasteiger partial charge in [-0.1, -0.05) is 30.3 Å². The second-order valence-corrected chi connectivity index (χ2v) is 7.42. The summed E-state index contributed by atoms with van der Waals surface area (Å²) in [5.74, 6) is 0.0935. The van der Waals surface area contributed by atoms with Gasteiger partial charge >= 0.3 is 0 Å². The van der Waals surface area contributed by atoms with Crippen molar-refractivity contribution in [2.75, 3.05) is 7.11 Å². The number of furan rings is 1. The number of ether oxygens (including phenoxy) is 1. The number of para-hydroxylation sites is 1. The molecule has 0 aliphatic carbocycles. The fraction of sp³-hybridized carbons (Fsp3) is 0.200. The first-order valence-corrected chi connectivity index (χ1v) is 10.0. The van der Waals surface area contributed by atoms with Crippen molar-refractivity contribution in [1.29, 1.82) is 0 Å². The normalized spacial score (nSPS) is 12.0. The molecule has 1 unspecified atom stereocenters. The Morgan fingerprint density at radius 3 is 2.58 bits per heavy atom. The van der Waals surface area contributed by atoms with Crippen LogP contribution in [0.25, 0.3) is 11.0 Å². The highest BCUT2D eigenvalue weighted by Gasteiger charge is 2.28. The molecule has 0 spiro atoms. The minimum Gasteiger partial charge on any atom is -0.497 e. The van der Waals surface area contributed by atoms with Gasteiger partial charge in [0.15, 0.2) is 17.2 Å². The number of hydrogen-bond donors (Lipinski definition) is 0. The molecule has 0 saturated heterocycles. The highest BCUT2D eigenvalue weighted by Crippen LogP contribution is 2.31. The molecular weight excluding hydrogens is 395 g/mol. The quantitative estimate of drug-likeness (QED) is 0.404. The maximum Gasteiger partial charge on any atom is 0.290 e. The maximum atomic E-state index is 14.2. The predicted molar refractivity (Wildman–Crippen MR) is 116 cm³/mol. The lowest BCUT2D eigenvalue weighted by atomic mass is 10.0. The van der Waals surface area contributed by atoms with Crippen LogP contribution in [0.1, 0.15) is 40.2 Å². The zero-order valence-corrected chi connectivity index (χ0v) is 17.6. The van der Waals surface area contributed by atoms with Gasteiger partial charge in [-0.05, 0) is 49.2 Å². The number of benzene rings is 2. The van der Waals surface area contributed by atoms with Crippen molar-refractivity contribution in [1.82, 2.24) is 9.88 Å². The number of methoxy groups -OCH3 is 1. The minimum absolute atomic E-state index is 0.0989. The second kappa shape index (κ2) is 8.60. The Bertz CT molecular complexity index is 1200. The van der Waals surface area contributed by atoms with Gasteiger partial charge in [-0.15, -0.1) is 0 Å². The molecule has 1 amide bonds. The largest absolute Gasteiger partial charge is 0.497 e. The molecular formula is C25H23FN2O3. The Morgan fingerprint density at radius 2 is 1.94 bits per heavy atom. The summed E-state index contributed by atoms with van der Waals surface area (Å²) in [5.41, 5.74) is 2.55. The Labute approximate surface area is 180 Å². The van der Waals surface area contributed by atoms with E-state index in [0.717, 1.165) is 16.9 Å². The van der Waals surface area contributed by atoms with Gasteiger partial charge in [-0.2, -0.15) is 0 Å². The fourth-order valence-electron chi connectivity index (χ4n) is 3.68. The average Bonchev–Trinajstić information content (AvgIpc) is 3.15. The summed E-state index contributed by atoms with van der Waals surface area (Å²) >= 11 is 0. The number of fused-ring (bicyclic) bond motifs is 1. The molecule has 5 nitrogen and oxygen atoms in total. The molecule has 0 radical (unpaired) electrons.